The van der Waals surface area contributed by atoms with Crippen LogP contribution in [-0.4, -0.2) is 38.2 Å². The minimum atomic E-state index is -4.69. The van der Waals surface area contributed by atoms with Gasteiger partial charge in [0.2, 0.25) is 9.84 Å². The molecule has 4 nitrogen and oxygen atoms in total. The zero-order valence-corrected chi connectivity index (χ0v) is 16.2. The van der Waals surface area contributed by atoms with Crippen LogP contribution in [0.4, 0.5) is 27.6 Å². The van der Waals surface area contributed by atoms with E-state index in [-0.39, 0.29) is 11.6 Å². The smallest absolute Gasteiger partial charge is 0.341 e. The third kappa shape index (κ3) is 4.23. The minimum Gasteiger partial charge on any atom is -0.380 e. The number of anilines is 1. The Hall–Kier alpha value is -2.20. The monoisotopic (exact) mass is 434 g/mol. The molecule has 3 rings (SSSR count). The molecular formula is C19H19F5N2O2S. The lowest BCUT2D eigenvalue weighted by Crippen LogP contribution is -2.31. The molecule has 2 aromatic rings. The standard InChI is InChI=1S/C19H19F5N2O2S/c1-2-26-8-7-16(18(26)11-9-14(20)17(22)15(21)10-11)25-12-3-5-13(6-4-12)29(27,28)19(23)24/h3-6,9-10,16,18-19,25H,2,7-8H2,1H3. The van der Waals surface area contributed by atoms with Gasteiger partial charge in [0, 0.05) is 18.3 Å². The van der Waals surface area contributed by atoms with Crippen LogP contribution >= 0.6 is 0 Å². The molecule has 29 heavy (non-hydrogen) atoms. The van der Waals surface area contributed by atoms with E-state index in [1.165, 1.54) is 12.1 Å². The Labute approximate surface area is 165 Å². The highest BCUT2D eigenvalue weighted by molar-refractivity contribution is 7.91. The van der Waals surface area contributed by atoms with Gasteiger partial charge in [-0.05, 0) is 54.9 Å². The van der Waals surface area contributed by atoms with Crippen molar-refractivity contribution in [1.29, 1.82) is 0 Å². The van der Waals surface area contributed by atoms with Gasteiger partial charge in [0.25, 0.3) is 0 Å². The van der Waals surface area contributed by atoms with E-state index in [0.717, 1.165) is 24.3 Å². The van der Waals surface area contributed by atoms with E-state index >= 15 is 0 Å². The number of likely N-dealkylation sites (N-methyl/N-ethyl adjacent to an activating group) is 1. The summed E-state index contributed by atoms with van der Waals surface area (Å²) in [4.78, 5) is 1.47. The van der Waals surface area contributed by atoms with Crippen LogP contribution in [0.3, 0.4) is 0 Å². The second kappa shape index (κ2) is 8.27. The molecule has 10 heteroatoms. The average molecular weight is 434 g/mol. The fourth-order valence-corrected chi connectivity index (χ4v) is 4.33. The number of sulfone groups is 1. The Morgan fingerprint density at radius 3 is 2.21 bits per heavy atom. The number of alkyl halides is 2. The van der Waals surface area contributed by atoms with Crippen molar-refractivity contribution in [2.45, 2.75) is 36.1 Å². The lowest BCUT2D eigenvalue weighted by molar-refractivity contribution is 0.234. The zero-order chi connectivity index (χ0) is 21.3. The molecule has 158 valence electrons. The average Bonchev–Trinajstić information content (AvgIpc) is 3.08. The number of nitrogens with zero attached hydrogens (tertiary/aromatic N) is 1. The summed E-state index contributed by atoms with van der Waals surface area (Å²) >= 11 is 0. The Balaban J connectivity index is 1.86. The van der Waals surface area contributed by atoms with Gasteiger partial charge in [-0.25, -0.2) is 21.6 Å². The Morgan fingerprint density at radius 1 is 1.10 bits per heavy atom. The van der Waals surface area contributed by atoms with E-state index in [4.69, 9.17) is 0 Å². The lowest BCUT2D eigenvalue weighted by atomic mass is 9.99. The third-order valence-corrected chi connectivity index (χ3v) is 6.42. The number of rotatable bonds is 6. The van der Waals surface area contributed by atoms with Gasteiger partial charge in [-0.3, -0.25) is 4.90 Å². The van der Waals surface area contributed by atoms with Crippen molar-refractivity contribution in [2.75, 3.05) is 18.4 Å². The number of hydrogen-bond donors (Lipinski definition) is 1. The van der Waals surface area contributed by atoms with Crippen LogP contribution in [0.25, 0.3) is 0 Å². The van der Waals surface area contributed by atoms with Crippen molar-refractivity contribution in [2.24, 2.45) is 0 Å². The molecular weight excluding hydrogens is 415 g/mol. The molecule has 0 bridgehead atoms. The number of hydrogen-bond acceptors (Lipinski definition) is 4. The first-order valence-electron chi connectivity index (χ1n) is 8.92. The second-order valence-electron chi connectivity index (χ2n) is 6.74. The number of nitrogens with one attached hydrogen (secondary N) is 1. The number of halogens is 5. The van der Waals surface area contributed by atoms with E-state index in [1.807, 2.05) is 11.8 Å². The first-order chi connectivity index (χ1) is 13.6. The fraction of sp³-hybridized carbons (Fsp3) is 0.368. The molecule has 0 spiro atoms. The first-order valence-corrected chi connectivity index (χ1v) is 10.5. The van der Waals surface area contributed by atoms with Crippen LogP contribution in [0, 0.1) is 17.5 Å². The van der Waals surface area contributed by atoms with E-state index in [2.05, 4.69) is 5.32 Å². The predicted octanol–water partition coefficient (Wildman–Crippen LogP) is 4.35. The van der Waals surface area contributed by atoms with Gasteiger partial charge < -0.3 is 5.32 Å². The molecule has 2 unspecified atom stereocenters. The fourth-order valence-electron chi connectivity index (χ4n) is 3.61. The number of likely N-dealkylation sites (tertiary alicyclic amines) is 1. The highest BCUT2D eigenvalue weighted by Crippen LogP contribution is 2.35. The minimum absolute atomic E-state index is 0.273. The normalized spacial score (nSPS) is 20.4. The first kappa shape index (κ1) is 21.5. The molecule has 0 aromatic heterocycles. The van der Waals surface area contributed by atoms with Crippen LogP contribution in [0.5, 0.6) is 0 Å². The van der Waals surface area contributed by atoms with Crippen LogP contribution in [0.2, 0.25) is 0 Å². The molecule has 0 aliphatic carbocycles. The summed E-state index contributed by atoms with van der Waals surface area (Å²) < 4.78 is 89.1. The summed E-state index contributed by atoms with van der Waals surface area (Å²) in [5, 5.41) is 3.15. The van der Waals surface area contributed by atoms with Crippen LogP contribution in [0.15, 0.2) is 41.3 Å². The molecule has 1 saturated heterocycles. The molecule has 2 atom stereocenters. The van der Waals surface area contributed by atoms with Gasteiger partial charge in [-0.15, -0.1) is 0 Å². The maximum atomic E-state index is 13.7. The predicted molar refractivity (Wildman–Crippen MR) is 98.0 cm³/mol. The van der Waals surface area contributed by atoms with Crippen molar-refractivity contribution in [3.63, 3.8) is 0 Å². The van der Waals surface area contributed by atoms with Gasteiger partial charge >= 0.3 is 5.76 Å². The van der Waals surface area contributed by atoms with Crippen molar-refractivity contribution >= 4 is 15.5 Å². The molecule has 2 aromatic carbocycles. The summed E-state index contributed by atoms with van der Waals surface area (Å²) in [6.07, 6.45) is 0.607. The highest BCUT2D eigenvalue weighted by atomic mass is 32.2. The van der Waals surface area contributed by atoms with Crippen LogP contribution in [-0.2, 0) is 9.84 Å². The van der Waals surface area contributed by atoms with E-state index in [9.17, 15) is 30.4 Å². The van der Waals surface area contributed by atoms with Crippen LogP contribution in [0.1, 0.15) is 24.9 Å². The zero-order valence-electron chi connectivity index (χ0n) is 15.4. The van der Waals surface area contributed by atoms with E-state index in [1.54, 1.807) is 0 Å². The van der Waals surface area contributed by atoms with Crippen molar-refractivity contribution in [1.82, 2.24) is 4.90 Å². The van der Waals surface area contributed by atoms with Crippen molar-refractivity contribution in [3.05, 3.63) is 59.4 Å². The molecule has 1 aliphatic rings. The summed E-state index contributed by atoms with van der Waals surface area (Å²) in [6, 6.07) is 6.02. The van der Waals surface area contributed by atoms with Gasteiger partial charge in [-0.1, -0.05) is 6.92 Å². The SMILES string of the molecule is CCN1CCC(Nc2ccc(S(=O)(=O)C(F)F)cc2)C1c1cc(F)c(F)c(F)c1. The molecule has 1 N–H and O–H groups in total. The molecule has 0 saturated carbocycles. The van der Waals surface area contributed by atoms with Crippen molar-refractivity contribution < 1.29 is 30.4 Å². The third-order valence-electron chi connectivity index (χ3n) is 5.03. The van der Waals surface area contributed by atoms with Gasteiger partial charge in [-0.2, -0.15) is 8.78 Å². The maximum absolute atomic E-state index is 13.7. The van der Waals surface area contributed by atoms with Crippen molar-refractivity contribution in [3.8, 4) is 0 Å². The molecule has 1 aliphatic heterocycles. The van der Waals surface area contributed by atoms with Gasteiger partial charge in [0.05, 0.1) is 10.9 Å². The van der Waals surface area contributed by atoms with Crippen LogP contribution < -0.4 is 5.32 Å². The Bertz CT molecular complexity index is 960. The summed E-state index contributed by atoms with van der Waals surface area (Å²) in [5.74, 6) is -7.59. The summed E-state index contributed by atoms with van der Waals surface area (Å²) in [5.41, 5.74) is 0.740. The second-order valence-corrected chi connectivity index (χ2v) is 8.66. The largest absolute Gasteiger partial charge is 0.380 e. The van der Waals surface area contributed by atoms with E-state index < -0.39 is 44.0 Å². The quantitative estimate of drug-likeness (QED) is 0.543. The summed E-state index contributed by atoms with van der Waals surface area (Å²) in [7, 11) is -4.69. The Kier molecular flexibility index (Phi) is 6.13. The van der Waals surface area contributed by atoms with Gasteiger partial charge in [0.15, 0.2) is 17.5 Å². The van der Waals surface area contributed by atoms with Gasteiger partial charge in [0.1, 0.15) is 0 Å². The maximum Gasteiger partial charge on any atom is 0.341 e. The molecule has 0 radical (unpaired) electrons. The lowest BCUT2D eigenvalue weighted by Gasteiger charge is -2.29. The molecule has 1 heterocycles. The Morgan fingerprint density at radius 2 is 1.69 bits per heavy atom. The number of benzene rings is 2. The molecule has 0 amide bonds. The topological polar surface area (TPSA) is 49.4 Å². The summed E-state index contributed by atoms with van der Waals surface area (Å²) in [6.45, 7) is 3.10. The highest BCUT2D eigenvalue weighted by Gasteiger charge is 2.35. The van der Waals surface area contributed by atoms with E-state index in [0.29, 0.717) is 25.2 Å². The molecule has 1 fully saturated rings.